The molecule has 8 heteroatoms. The summed E-state index contributed by atoms with van der Waals surface area (Å²) < 4.78 is 14.7. The number of hydrogen-bond acceptors (Lipinski definition) is 4. The van der Waals surface area contributed by atoms with Gasteiger partial charge in [-0.3, -0.25) is 14.4 Å². The van der Waals surface area contributed by atoms with Gasteiger partial charge in [0.15, 0.2) is 5.78 Å². The standard InChI is InChI=1S/C25H19ClFN3O3/c1-14-4-3-5-20(22(14)26)29-21(31)13-30-12-19(23(32)16-7-9-17(27)10-8-16)24(33)18-11-6-15(2)28-25(18)30/h3-12H,13H2,1-2H3,(H,29,31). The van der Waals surface area contributed by atoms with Crippen LogP contribution in [0.25, 0.3) is 11.0 Å². The number of nitrogens with one attached hydrogen (secondary N) is 1. The molecule has 0 bridgehead atoms. The summed E-state index contributed by atoms with van der Waals surface area (Å²) in [5, 5.41) is 3.39. The number of fused-ring (bicyclic) bond motifs is 1. The third kappa shape index (κ3) is 4.54. The Hall–Kier alpha value is -3.84. The Bertz CT molecular complexity index is 1460. The first kappa shape index (κ1) is 22.4. The minimum Gasteiger partial charge on any atom is -0.323 e. The third-order valence-electron chi connectivity index (χ3n) is 5.19. The molecule has 0 spiro atoms. The predicted octanol–water partition coefficient (Wildman–Crippen LogP) is 4.68. The number of rotatable bonds is 5. The largest absolute Gasteiger partial charge is 0.323 e. The van der Waals surface area contributed by atoms with E-state index < -0.39 is 22.9 Å². The van der Waals surface area contributed by atoms with Crippen molar-refractivity contribution < 1.29 is 14.0 Å². The van der Waals surface area contributed by atoms with E-state index in [1.54, 1.807) is 31.2 Å². The van der Waals surface area contributed by atoms with E-state index in [0.29, 0.717) is 16.4 Å². The summed E-state index contributed by atoms with van der Waals surface area (Å²) in [4.78, 5) is 43.3. The van der Waals surface area contributed by atoms with Crippen LogP contribution in [0.4, 0.5) is 10.1 Å². The van der Waals surface area contributed by atoms with Crippen molar-refractivity contribution in [3.63, 3.8) is 0 Å². The highest BCUT2D eigenvalue weighted by molar-refractivity contribution is 6.34. The average Bonchev–Trinajstić information content (AvgIpc) is 2.79. The number of carbonyl (C=O) groups excluding carboxylic acids is 2. The number of amides is 1. The molecule has 2 heterocycles. The zero-order chi connectivity index (χ0) is 23.7. The van der Waals surface area contributed by atoms with Gasteiger partial charge in [0.05, 0.1) is 21.7 Å². The van der Waals surface area contributed by atoms with Crippen LogP contribution in [0.5, 0.6) is 0 Å². The smallest absolute Gasteiger partial charge is 0.244 e. The molecule has 1 amide bonds. The minimum absolute atomic E-state index is 0.138. The monoisotopic (exact) mass is 463 g/mol. The molecule has 166 valence electrons. The number of anilines is 1. The molecule has 2 aromatic heterocycles. The highest BCUT2D eigenvalue weighted by Gasteiger charge is 2.19. The molecule has 0 radical (unpaired) electrons. The second-order valence-corrected chi connectivity index (χ2v) is 8.02. The Labute approximate surface area is 193 Å². The quantitative estimate of drug-likeness (QED) is 0.436. The highest BCUT2D eigenvalue weighted by atomic mass is 35.5. The summed E-state index contributed by atoms with van der Waals surface area (Å²) in [5.41, 5.74) is 1.71. The van der Waals surface area contributed by atoms with E-state index in [1.807, 2.05) is 13.0 Å². The van der Waals surface area contributed by atoms with Gasteiger partial charge in [-0.25, -0.2) is 9.37 Å². The summed E-state index contributed by atoms with van der Waals surface area (Å²) in [6.45, 7) is 3.38. The van der Waals surface area contributed by atoms with Gasteiger partial charge in [0.1, 0.15) is 18.0 Å². The summed E-state index contributed by atoms with van der Waals surface area (Å²) in [6, 6.07) is 13.4. The molecule has 6 nitrogen and oxygen atoms in total. The molecule has 4 aromatic rings. The van der Waals surface area contributed by atoms with E-state index in [2.05, 4.69) is 10.3 Å². The number of nitrogens with zero attached hydrogens (tertiary/aromatic N) is 2. The van der Waals surface area contributed by atoms with Crippen LogP contribution in [-0.2, 0) is 11.3 Å². The van der Waals surface area contributed by atoms with Crippen molar-refractivity contribution in [2.24, 2.45) is 0 Å². The number of ketones is 1. The normalized spacial score (nSPS) is 10.9. The maximum atomic E-state index is 13.3. The molecule has 0 fully saturated rings. The molecule has 2 aromatic carbocycles. The van der Waals surface area contributed by atoms with Gasteiger partial charge < -0.3 is 9.88 Å². The van der Waals surface area contributed by atoms with Gasteiger partial charge in [0.25, 0.3) is 0 Å². The van der Waals surface area contributed by atoms with Crippen molar-refractivity contribution in [1.82, 2.24) is 9.55 Å². The van der Waals surface area contributed by atoms with Crippen molar-refractivity contribution in [1.29, 1.82) is 0 Å². The van der Waals surface area contributed by atoms with Crippen LogP contribution < -0.4 is 10.7 Å². The third-order valence-corrected chi connectivity index (χ3v) is 5.69. The van der Waals surface area contributed by atoms with Crippen LogP contribution in [0, 0.1) is 19.7 Å². The van der Waals surface area contributed by atoms with Crippen molar-refractivity contribution in [3.05, 3.63) is 104 Å². The second kappa shape index (κ2) is 8.96. The number of benzene rings is 2. The molecule has 0 atom stereocenters. The second-order valence-electron chi connectivity index (χ2n) is 7.64. The topological polar surface area (TPSA) is 81.1 Å². The molecule has 33 heavy (non-hydrogen) atoms. The lowest BCUT2D eigenvalue weighted by Crippen LogP contribution is -2.25. The lowest BCUT2D eigenvalue weighted by atomic mass is 10.0. The maximum Gasteiger partial charge on any atom is 0.244 e. The van der Waals surface area contributed by atoms with Gasteiger partial charge in [-0.1, -0.05) is 23.7 Å². The Morgan fingerprint density at radius 2 is 1.79 bits per heavy atom. The van der Waals surface area contributed by atoms with Crippen LogP contribution >= 0.6 is 11.6 Å². The van der Waals surface area contributed by atoms with Gasteiger partial charge in [-0.15, -0.1) is 0 Å². The molecule has 1 N–H and O–H groups in total. The number of aryl methyl sites for hydroxylation is 2. The fourth-order valence-electron chi connectivity index (χ4n) is 3.49. The molecule has 0 saturated heterocycles. The first-order valence-electron chi connectivity index (χ1n) is 10.1. The molecule has 4 rings (SSSR count). The summed E-state index contributed by atoms with van der Waals surface area (Å²) >= 11 is 6.28. The van der Waals surface area contributed by atoms with E-state index in [1.165, 1.54) is 22.9 Å². The van der Waals surface area contributed by atoms with Crippen molar-refractivity contribution in [2.45, 2.75) is 20.4 Å². The van der Waals surface area contributed by atoms with Gasteiger partial charge in [-0.05, 0) is 61.9 Å². The number of carbonyl (C=O) groups is 2. The average molecular weight is 464 g/mol. The Morgan fingerprint density at radius 1 is 1.06 bits per heavy atom. The van der Waals surface area contributed by atoms with Crippen molar-refractivity contribution in [2.75, 3.05) is 5.32 Å². The molecule has 0 aliphatic carbocycles. The summed E-state index contributed by atoms with van der Waals surface area (Å²) in [5.74, 6) is -1.47. The number of aromatic nitrogens is 2. The highest BCUT2D eigenvalue weighted by Crippen LogP contribution is 2.25. The molecule has 0 unspecified atom stereocenters. The Morgan fingerprint density at radius 3 is 2.52 bits per heavy atom. The van der Waals surface area contributed by atoms with E-state index >= 15 is 0 Å². The van der Waals surface area contributed by atoms with Gasteiger partial charge >= 0.3 is 0 Å². The summed E-state index contributed by atoms with van der Waals surface area (Å²) in [7, 11) is 0. The molecule has 0 aliphatic heterocycles. The van der Waals surface area contributed by atoms with Crippen LogP contribution in [-0.4, -0.2) is 21.2 Å². The number of hydrogen-bond donors (Lipinski definition) is 1. The molecule has 0 aliphatic rings. The Balaban J connectivity index is 1.77. The molecular weight excluding hydrogens is 445 g/mol. The van der Waals surface area contributed by atoms with Crippen LogP contribution in [0.2, 0.25) is 5.02 Å². The first-order chi connectivity index (χ1) is 15.7. The number of pyridine rings is 2. The fourth-order valence-corrected chi connectivity index (χ4v) is 3.66. The zero-order valence-corrected chi connectivity index (χ0v) is 18.6. The minimum atomic E-state index is -0.571. The Kier molecular flexibility index (Phi) is 6.07. The van der Waals surface area contributed by atoms with Gasteiger partial charge in [0.2, 0.25) is 11.3 Å². The molecular formula is C25H19ClFN3O3. The van der Waals surface area contributed by atoms with Gasteiger partial charge in [-0.2, -0.15) is 0 Å². The first-order valence-corrected chi connectivity index (χ1v) is 10.5. The van der Waals surface area contributed by atoms with Gasteiger partial charge in [0, 0.05) is 17.5 Å². The van der Waals surface area contributed by atoms with Crippen LogP contribution in [0.3, 0.4) is 0 Å². The van der Waals surface area contributed by atoms with E-state index in [-0.39, 0.29) is 28.7 Å². The van der Waals surface area contributed by atoms with Crippen LogP contribution in [0.15, 0.2) is 65.6 Å². The SMILES string of the molecule is Cc1ccc2c(=O)c(C(=O)c3ccc(F)cc3)cn(CC(=O)Nc3cccc(C)c3Cl)c2n1. The predicted molar refractivity (Wildman–Crippen MR) is 125 cm³/mol. The van der Waals surface area contributed by atoms with Crippen LogP contribution in [0.1, 0.15) is 27.2 Å². The van der Waals surface area contributed by atoms with E-state index in [0.717, 1.165) is 17.7 Å². The van der Waals surface area contributed by atoms with E-state index in [4.69, 9.17) is 11.6 Å². The zero-order valence-electron chi connectivity index (χ0n) is 17.9. The van der Waals surface area contributed by atoms with E-state index in [9.17, 15) is 18.8 Å². The number of halogens is 2. The van der Waals surface area contributed by atoms with Crippen molar-refractivity contribution >= 4 is 40.0 Å². The van der Waals surface area contributed by atoms with Crippen molar-refractivity contribution in [3.8, 4) is 0 Å². The fraction of sp³-hybridized carbons (Fsp3) is 0.120. The lowest BCUT2D eigenvalue weighted by molar-refractivity contribution is -0.116. The maximum absolute atomic E-state index is 13.3. The molecule has 0 saturated carbocycles. The lowest BCUT2D eigenvalue weighted by Gasteiger charge is -2.14. The summed E-state index contributed by atoms with van der Waals surface area (Å²) in [6.07, 6.45) is 1.32.